The number of ether oxygens (including phenoxy) is 1. The van der Waals surface area contributed by atoms with Crippen LogP contribution in [0.4, 0.5) is 5.69 Å². The number of benzene rings is 2. The Labute approximate surface area is 247 Å². The van der Waals surface area contributed by atoms with Gasteiger partial charge in [-0.15, -0.1) is 11.3 Å². The lowest BCUT2D eigenvalue weighted by Gasteiger charge is -2.38. The van der Waals surface area contributed by atoms with E-state index < -0.39 is 28.1 Å². The van der Waals surface area contributed by atoms with Gasteiger partial charge in [0.25, 0.3) is 21.8 Å². The van der Waals surface area contributed by atoms with Crippen LogP contribution in [0.1, 0.15) is 34.0 Å². The first kappa shape index (κ1) is 29.6. The van der Waals surface area contributed by atoms with Crippen LogP contribution in [-0.2, 0) is 17.1 Å². The lowest BCUT2D eigenvalue weighted by Crippen LogP contribution is -2.50. The Morgan fingerprint density at radius 3 is 2.71 bits per heavy atom. The zero-order valence-corrected chi connectivity index (χ0v) is 25.2. The molecule has 0 radical (unpaired) electrons. The van der Waals surface area contributed by atoms with Gasteiger partial charge < -0.3 is 24.6 Å². The van der Waals surface area contributed by atoms with Crippen molar-refractivity contribution in [2.45, 2.75) is 31.0 Å². The average Bonchev–Trinajstić information content (AvgIpc) is 3.61. The number of aromatic nitrogens is 3. The lowest BCUT2D eigenvalue weighted by atomic mass is 9.99. The van der Waals surface area contributed by atoms with Gasteiger partial charge in [-0.25, -0.2) is 18.4 Å². The topological polar surface area (TPSA) is 147 Å². The first-order valence-corrected chi connectivity index (χ1v) is 15.6. The number of sulfonamides is 1. The highest BCUT2D eigenvalue weighted by atomic mass is 32.2. The van der Waals surface area contributed by atoms with Gasteiger partial charge >= 0.3 is 0 Å². The van der Waals surface area contributed by atoms with Gasteiger partial charge in [0.2, 0.25) is 0 Å². The summed E-state index contributed by atoms with van der Waals surface area (Å²) in [4.78, 5) is 37.0. The highest BCUT2D eigenvalue weighted by Gasteiger charge is 2.36. The Balaban J connectivity index is 1.51. The number of aliphatic hydroxyl groups excluding tert-OH is 1. The minimum absolute atomic E-state index is 0.0603. The molecule has 1 aliphatic rings. The number of imidazole rings is 1. The number of rotatable bonds is 8. The first-order chi connectivity index (χ1) is 20.0. The summed E-state index contributed by atoms with van der Waals surface area (Å²) in [6.45, 7) is 3.47. The molecule has 2 aromatic heterocycles. The number of fused-ring (bicyclic) bond motifs is 2. The predicted octanol–water partition coefficient (Wildman–Crippen LogP) is 2.82. The number of nitrogens with one attached hydrogen (secondary N) is 1. The van der Waals surface area contributed by atoms with E-state index >= 15 is 0 Å². The number of aliphatic hydroxyl groups is 1. The van der Waals surface area contributed by atoms with E-state index in [1.165, 1.54) is 35.2 Å². The van der Waals surface area contributed by atoms with Crippen LogP contribution in [-0.4, -0.2) is 88.0 Å². The van der Waals surface area contributed by atoms with Crippen molar-refractivity contribution < 1.29 is 27.9 Å². The quantitative estimate of drug-likeness (QED) is 0.309. The Kier molecular flexibility index (Phi) is 8.32. The van der Waals surface area contributed by atoms with Crippen LogP contribution in [0.5, 0.6) is 5.75 Å². The summed E-state index contributed by atoms with van der Waals surface area (Å²) in [6.07, 6.45) is 2.10. The lowest BCUT2D eigenvalue weighted by molar-refractivity contribution is 0.0388. The maximum atomic E-state index is 13.7. The van der Waals surface area contributed by atoms with Crippen LogP contribution in [0.15, 0.2) is 60.0 Å². The average molecular weight is 613 g/mol. The Morgan fingerprint density at radius 1 is 1.26 bits per heavy atom. The Morgan fingerprint density at radius 2 is 2.02 bits per heavy atom. The standard InChI is InChI=1S/C28H32N6O6S2/c1-17-12-34(18(2)15-35)28(37)19-8-7-10-21(30-26(36)27-31-20-9-5-6-11-23(20)41-27)25(19)40-22(17)13-33(4)42(38,39)24-14-32(3)16-29-24/h5-11,14,16-18,22,35H,12-13,15H2,1-4H3,(H,30,36)/t17-,18+,22+/m1/s1. The molecule has 0 spiro atoms. The summed E-state index contributed by atoms with van der Waals surface area (Å²) >= 11 is 1.24. The number of amides is 2. The molecule has 4 aromatic rings. The van der Waals surface area contributed by atoms with E-state index in [9.17, 15) is 23.1 Å². The Bertz CT molecular complexity index is 1700. The number of hydrogen-bond acceptors (Lipinski definition) is 9. The van der Waals surface area contributed by atoms with Crippen molar-refractivity contribution in [2.75, 3.05) is 32.1 Å². The van der Waals surface area contributed by atoms with Crippen LogP contribution >= 0.6 is 11.3 Å². The van der Waals surface area contributed by atoms with E-state index in [4.69, 9.17) is 4.74 Å². The van der Waals surface area contributed by atoms with E-state index in [1.54, 1.807) is 41.6 Å². The highest BCUT2D eigenvalue weighted by molar-refractivity contribution is 7.89. The molecule has 2 amide bonds. The second-order valence-corrected chi connectivity index (χ2v) is 13.4. The molecular formula is C28H32N6O6S2. The monoisotopic (exact) mass is 612 g/mol. The van der Waals surface area contributed by atoms with Gasteiger partial charge in [0.05, 0.1) is 47.0 Å². The van der Waals surface area contributed by atoms with Crippen molar-refractivity contribution in [2.24, 2.45) is 13.0 Å². The zero-order chi connectivity index (χ0) is 30.2. The summed E-state index contributed by atoms with van der Waals surface area (Å²) in [6, 6.07) is 11.7. The minimum Gasteiger partial charge on any atom is -0.486 e. The van der Waals surface area contributed by atoms with E-state index in [1.807, 2.05) is 31.2 Å². The summed E-state index contributed by atoms with van der Waals surface area (Å²) < 4.78 is 36.6. The number of anilines is 1. The number of carbonyl (C=O) groups excluding carboxylic acids is 2. The second kappa shape index (κ2) is 11.8. The summed E-state index contributed by atoms with van der Waals surface area (Å²) in [7, 11) is -0.813. The number of carbonyl (C=O) groups is 2. The van der Waals surface area contributed by atoms with Crippen molar-refractivity contribution in [3.63, 3.8) is 0 Å². The fourth-order valence-electron chi connectivity index (χ4n) is 4.74. The molecule has 0 saturated carbocycles. The molecule has 0 fully saturated rings. The number of hydrogen-bond donors (Lipinski definition) is 2. The van der Waals surface area contributed by atoms with E-state index in [0.717, 1.165) is 4.70 Å². The maximum absolute atomic E-state index is 13.7. The van der Waals surface area contributed by atoms with Gasteiger partial charge in [-0.2, -0.15) is 4.31 Å². The van der Waals surface area contributed by atoms with Crippen molar-refractivity contribution >= 4 is 49.1 Å². The molecule has 222 valence electrons. The molecule has 2 aromatic carbocycles. The smallest absolute Gasteiger partial charge is 0.284 e. The Hall–Kier alpha value is -3.85. The largest absolute Gasteiger partial charge is 0.486 e. The van der Waals surface area contributed by atoms with Crippen LogP contribution in [0.25, 0.3) is 10.2 Å². The third-order valence-electron chi connectivity index (χ3n) is 7.22. The van der Waals surface area contributed by atoms with Gasteiger partial charge in [0, 0.05) is 32.8 Å². The molecule has 0 bridgehead atoms. The summed E-state index contributed by atoms with van der Waals surface area (Å²) in [5.74, 6) is -1.08. The molecule has 0 unspecified atom stereocenters. The molecular weight excluding hydrogens is 580 g/mol. The van der Waals surface area contributed by atoms with Crippen molar-refractivity contribution in [3.8, 4) is 5.75 Å². The maximum Gasteiger partial charge on any atom is 0.284 e. The third kappa shape index (κ3) is 5.75. The van der Waals surface area contributed by atoms with Crippen LogP contribution in [0.2, 0.25) is 0 Å². The minimum atomic E-state index is -3.94. The third-order valence-corrected chi connectivity index (χ3v) is 9.96. The number of nitrogens with zero attached hydrogens (tertiary/aromatic N) is 5. The summed E-state index contributed by atoms with van der Waals surface area (Å²) in [5.41, 5.74) is 1.13. The van der Waals surface area contributed by atoms with Gasteiger partial charge in [0.1, 0.15) is 6.10 Å². The van der Waals surface area contributed by atoms with E-state index in [0.29, 0.717) is 5.52 Å². The molecule has 3 heterocycles. The van der Waals surface area contributed by atoms with Gasteiger partial charge in [-0.1, -0.05) is 25.1 Å². The number of likely N-dealkylation sites (N-methyl/N-ethyl adjacent to an activating group) is 1. The SMILES string of the molecule is C[C@@H]1CN([C@@H](C)CO)C(=O)c2cccc(NC(=O)c3nc4ccccc4s3)c2O[C@H]1CN(C)S(=O)(=O)c1cn(C)cn1. The molecule has 1 aliphatic heterocycles. The molecule has 12 nitrogen and oxygen atoms in total. The molecule has 0 aliphatic carbocycles. The molecule has 0 saturated heterocycles. The van der Waals surface area contributed by atoms with Crippen LogP contribution in [0.3, 0.4) is 0 Å². The first-order valence-electron chi connectivity index (χ1n) is 13.3. The molecule has 42 heavy (non-hydrogen) atoms. The second-order valence-electron chi connectivity index (χ2n) is 10.4. The van der Waals surface area contributed by atoms with Gasteiger partial charge in [-0.05, 0) is 31.2 Å². The predicted molar refractivity (Wildman–Crippen MR) is 158 cm³/mol. The van der Waals surface area contributed by atoms with Crippen molar-refractivity contribution in [3.05, 3.63) is 65.6 Å². The van der Waals surface area contributed by atoms with E-state index in [-0.39, 0.29) is 58.6 Å². The van der Waals surface area contributed by atoms with Crippen LogP contribution < -0.4 is 10.1 Å². The van der Waals surface area contributed by atoms with Gasteiger partial charge in [0.15, 0.2) is 15.8 Å². The van der Waals surface area contributed by atoms with Crippen molar-refractivity contribution in [1.29, 1.82) is 0 Å². The number of thiazole rings is 1. The van der Waals surface area contributed by atoms with Crippen LogP contribution in [0, 0.1) is 5.92 Å². The number of para-hydroxylation sites is 2. The molecule has 14 heteroatoms. The fraction of sp³-hybridized carbons (Fsp3) is 0.357. The fourth-order valence-corrected chi connectivity index (χ4v) is 6.74. The van der Waals surface area contributed by atoms with E-state index in [2.05, 4.69) is 15.3 Å². The number of aryl methyl sites for hydroxylation is 1. The summed E-state index contributed by atoms with van der Waals surface area (Å²) in [5, 5.41) is 12.9. The normalized spacial score (nSPS) is 18.3. The molecule has 5 rings (SSSR count). The van der Waals surface area contributed by atoms with Crippen molar-refractivity contribution in [1.82, 2.24) is 23.7 Å². The highest BCUT2D eigenvalue weighted by Crippen LogP contribution is 2.36. The van der Waals surface area contributed by atoms with Gasteiger partial charge in [-0.3, -0.25) is 9.59 Å². The zero-order valence-electron chi connectivity index (χ0n) is 23.6. The molecule has 3 atom stereocenters. The molecule has 2 N–H and O–H groups in total.